The summed E-state index contributed by atoms with van der Waals surface area (Å²) in [7, 11) is 0. The molecule has 0 bridgehead atoms. The van der Waals surface area contributed by atoms with E-state index in [1.54, 1.807) is 12.1 Å². The van der Waals surface area contributed by atoms with Gasteiger partial charge in [0, 0.05) is 18.1 Å². The number of hydrogen-bond donors (Lipinski definition) is 0. The first-order chi connectivity index (χ1) is 9.15. The minimum absolute atomic E-state index is 0.139. The van der Waals surface area contributed by atoms with Crippen molar-refractivity contribution in [3.05, 3.63) is 70.1 Å². The fourth-order valence-electron chi connectivity index (χ4n) is 2.18. The zero-order valence-electron chi connectivity index (χ0n) is 9.91. The summed E-state index contributed by atoms with van der Waals surface area (Å²) in [5, 5.41) is 1.93. The minimum atomic E-state index is -0.402. The molecule has 3 rings (SSSR count). The molecule has 19 heavy (non-hydrogen) atoms. The number of fused-ring (bicyclic) bond motifs is 1. The highest BCUT2D eigenvalue weighted by Crippen LogP contribution is 2.25. The summed E-state index contributed by atoms with van der Waals surface area (Å²) in [5.41, 5.74) is 1.91. The molecule has 0 aliphatic rings. The number of benzene rings is 2. The molecule has 1 heterocycles. The van der Waals surface area contributed by atoms with Gasteiger partial charge in [-0.3, -0.25) is 0 Å². The molecular formula is C15H10Cl2FN. The van der Waals surface area contributed by atoms with E-state index in [9.17, 15) is 4.39 Å². The Hall–Kier alpha value is -1.51. The minimum Gasteiger partial charge on any atom is -0.342 e. The normalized spacial score (nSPS) is 11.1. The maximum absolute atomic E-state index is 13.1. The third-order valence-electron chi connectivity index (χ3n) is 3.08. The van der Waals surface area contributed by atoms with E-state index in [1.807, 2.05) is 35.0 Å². The molecule has 0 aliphatic heterocycles. The van der Waals surface area contributed by atoms with Crippen molar-refractivity contribution in [3.8, 4) is 0 Å². The van der Waals surface area contributed by atoms with E-state index in [4.69, 9.17) is 23.2 Å². The molecule has 96 valence electrons. The SMILES string of the molecule is Fc1ccc(Cn2ccc3cccc(Cl)c32)cc1Cl. The fourth-order valence-corrected chi connectivity index (χ4v) is 2.67. The maximum Gasteiger partial charge on any atom is 0.141 e. The summed E-state index contributed by atoms with van der Waals surface area (Å²) in [5.74, 6) is -0.402. The van der Waals surface area contributed by atoms with Crippen molar-refractivity contribution in [1.29, 1.82) is 0 Å². The molecule has 0 radical (unpaired) electrons. The molecule has 0 N–H and O–H groups in total. The Morgan fingerprint density at radius 3 is 2.63 bits per heavy atom. The quantitative estimate of drug-likeness (QED) is 0.617. The van der Waals surface area contributed by atoms with Crippen molar-refractivity contribution in [1.82, 2.24) is 4.57 Å². The molecule has 0 aliphatic carbocycles. The van der Waals surface area contributed by atoms with Gasteiger partial charge in [0.2, 0.25) is 0 Å². The monoisotopic (exact) mass is 293 g/mol. The van der Waals surface area contributed by atoms with Crippen molar-refractivity contribution in [3.63, 3.8) is 0 Å². The molecule has 0 saturated carbocycles. The van der Waals surface area contributed by atoms with Gasteiger partial charge in [0.15, 0.2) is 0 Å². The van der Waals surface area contributed by atoms with Gasteiger partial charge in [-0.1, -0.05) is 41.4 Å². The van der Waals surface area contributed by atoms with E-state index >= 15 is 0 Å². The lowest BCUT2D eigenvalue weighted by molar-refractivity contribution is 0.627. The lowest BCUT2D eigenvalue weighted by Crippen LogP contribution is -1.98. The molecule has 0 saturated heterocycles. The smallest absolute Gasteiger partial charge is 0.141 e. The first-order valence-corrected chi connectivity index (χ1v) is 6.58. The number of nitrogens with zero attached hydrogens (tertiary/aromatic N) is 1. The van der Waals surface area contributed by atoms with Crippen LogP contribution in [0.1, 0.15) is 5.56 Å². The van der Waals surface area contributed by atoms with Crippen LogP contribution in [-0.4, -0.2) is 4.57 Å². The van der Waals surface area contributed by atoms with E-state index in [2.05, 4.69) is 0 Å². The van der Waals surface area contributed by atoms with E-state index in [1.165, 1.54) is 6.07 Å². The molecule has 3 aromatic rings. The van der Waals surface area contributed by atoms with Crippen LogP contribution < -0.4 is 0 Å². The summed E-state index contributed by atoms with van der Waals surface area (Å²) in [6, 6.07) is 12.5. The van der Waals surface area contributed by atoms with Gasteiger partial charge in [0.05, 0.1) is 15.6 Å². The molecule has 0 unspecified atom stereocenters. The van der Waals surface area contributed by atoms with Gasteiger partial charge in [0.1, 0.15) is 5.82 Å². The lowest BCUT2D eigenvalue weighted by atomic mass is 10.2. The molecule has 0 fully saturated rings. The zero-order valence-corrected chi connectivity index (χ0v) is 11.4. The zero-order chi connectivity index (χ0) is 13.4. The van der Waals surface area contributed by atoms with Crippen LogP contribution in [-0.2, 0) is 6.54 Å². The number of hydrogen-bond acceptors (Lipinski definition) is 0. The Labute approximate surface area is 120 Å². The number of para-hydroxylation sites is 1. The Balaban J connectivity index is 2.03. The van der Waals surface area contributed by atoms with Crippen LogP contribution in [0.15, 0.2) is 48.7 Å². The van der Waals surface area contributed by atoms with Crippen LogP contribution >= 0.6 is 23.2 Å². The highest BCUT2D eigenvalue weighted by atomic mass is 35.5. The Morgan fingerprint density at radius 1 is 1.00 bits per heavy atom. The molecule has 0 spiro atoms. The standard InChI is InChI=1S/C15H10Cl2FN/c16-12-3-1-2-11-6-7-19(15(11)12)9-10-4-5-14(18)13(17)8-10/h1-8H,9H2. The first-order valence-electron chi connectivity index (χ1n) is 5.82. The number of halogens is 3. The first kappa shape index (κ1) is 12.5. The average molecular weight is 294 g/mol. The van der Waals surface area contributed by atoms with E-state index < -0.39 is 5.82 Å². The van der Waals surface area contributed by atoms with Crippen molar-refractivity contribution < 1.29 is 4.39 Å². The Morgan fingerprint density at radius 2 is 1.84 bits per heavy atom. The average Bonchev–Trinajstić information content (AvgIpc) is 2.79. The van der Waals surface area contributed by atoms with Crippen molar-refractivity contribution in [2.75, 3.05) is 0 Å². The maximum atomic E-state index is 13.1. The topological polar surface area (TPSA) is 4.93 Å². The van der Waals surface area contributed by atoms with Crippen molar-refractivity contribution in [2.45, 2.75) is 6.54 Å². The predicted molar refractivity (Wildman–Crippen MR) is 77.5 cm³/mol. The second kappa shape index (κ2) is 4.87. The van der Waals surface area contributed by atoms with Gasteiger partial charge in [-0.05, 0) is 29.8 Å². The van der Waals surface area contributed by atoms with Crippen LogP contribution in [0, 0.1) is 5.82 Å². The van der Waals surface area contributed by atoms with Gasteiger partial charge in [-0.2, -0.15) is 0 Å². The Kier molecular flexibility index (Phi) is 3.21. The summed E-state index contributed by atoms with van der Waals surface area (Å²) in [6.07, 6.45) is 1.97. The summed E-state index contributed by atoms with van der Waals surface area (Å²) in [4.78, 5) is 0. The van der Waals surface area contributed by atoms with Crippen LogP contribution in [0.5, 0.6) is 0 Å². The van der Waals surface area contributed by atoms with Gasteiger partial charge in [-0.15, -0.1) is 0 Å². The number of rotatable bonds is 2. The van der Waals surface area contributed by atoms with Crippen LogP contribution in [0.4, 0.5) is 4.39 Å². The molecule has 4 heteroatoms. The molecule has 0 atom stereocenters. The molecule has 2 aromatic carbocycles. The van der Waals surface area contributed by atoms with Gasteiger partial charge in [-0.25, -0.2) is 4.39 Å². The third-order valence-corrected chi connectivity index (χ3v) is 3.67. The van der Waals surface area contributed by atoms with Crippen LogP contribution in [0.3, 0.4) is 0 Å². The van der Waals surface area contributed by atoms with Crippen molar-refractivity contribution in [2.24, 2.45) is 0 Å². The fraction of sp³-hybridized carbons (Fsp3) is 0.0667. The third kappa shape index (κ3) is 2.34. The predicted octanol–water partition coefficient (Wildman–Crippen LogP) is 5.14. The van der Waals surface area contributed by atoms with Gasteiger partial charge in [0.25, 0.3) is 0 Å². The summed E-state index contributed by atoms with van der Waals surface area (Å²) < 4.78 is 15.2. The molecule has 1 aromatic heterocycles. The van der Waals surface area contributed by atoms with Crippen molar-refractivity contribution >= 4 is 34.1 Å². The molecule has 0 amide bonds. The van der Waals surface area contributed by atoms with Gasteiger partial charge >= 0.3 is 0 Å². The highest BCUT2D eigenvalue weighted by Gasteiger charge is 2.07. The molecular weight excluding hydrogens is 284 g/mol. The summed E-state index contributed by atoms with van der Waals surface area (Å²) >= 11 is 12.0. The second-order valence-corrected chi connectivity index (χ2v) is 5.18. The second-order valence-electron chi connectivity index (χ2n) is 4.37. The van der Waals surface area contributed by atoms with Crippen LogP contribution in [0.2, 0.25) is 10.0 Å². The lowest BCUT2D eigenvalue weighted by Gasteiger charge is -2.07. The number of aromatic nitrogens is 1. The van der Waals surface area contributed by atoms with E-state index in [0.717, 1.165) is 16.5 Å². The Bertz CT molecular complexity index is 749. The highest BCUT2D eigenvalue weighted by molar-refractivity contribution is 6.35. The van der Waals surface area contributed by atoms with E-state index in [-0.39, 0.29) is 5.02 Å². The summed E-state index contributed by atoms with van der Waals surface area (Å²) in [6.45, 7) is 0.604. The van der Waals surface area contributed by atoms with Gasteiger partial charge < -0.3 is 4.57 Å². The van der Waals surface area contributed by atoms with E-state index in [0.29, 0.717) is 11.6 Å². The largest absolute Gasteiger partial charge is 0.342 e. The van der Waals surface area contributed by atoms with Crippen LogP contribution in [0.25, 0.3) is 10.9 Å². The molecule has 1 nitrogen and oxygen atoms in total.